The molecule has 1 aliphatic rings. The number of carboxylic acid groups (broad SMARTS) is 1. The van der Waals surface area contributed by atoms with Gasteiger partial charge in [0, 0.05) is 21.7 Å². The molecule has 0 bridgehead atoms. The van der Waals surface area contributed by atoms with Gasteiger partial charge in [-0.25, -0.2) is 4.79 Å². The number of rotatable bonds is 4. The van der Waals surface area contributed by atoms with Crippen molar-refractivity contribution in [1.29, 1.82) is 0 Å². The molecule has 1 aromatic heterocycles. The van der Waals surface area contributed by atoms with Crippen LogP contribution < -0.4 is 5.32 Å². The van der Waals surface area contributed by atoms with Gasteiger partial charge in [0.05, 0.1) is 0 Å². The average Bonchev–Trinajstić information content (AvgIpc) is 3.19. The molecule has 0 saturated heterocycles. The topological polar surface area (TPSA) is 66.4 Å². The lowest BCUT2D eigenvalue weighted by atomic mass is 10.1. The number of carbonyl (C=O) groups excluding carboxylic acids is 1. The van der Waals surface area contributed by atoms with Crippen molar-refractivity contribution in [3.05, 3.63) is 52.9 Å². The van der Waals surface area contributed by atoms with Crippen LogP contribution in [0.15, 0.2) is 52.9 Å². The number of amides is 1. The Morgan fingerprint density at radius 2 is 1.77 bits per heavy atom. The number of nitrogens with one attached hydrogen (secondary N) is 1. The third-order valence-corrected chi connectivity index (χ3v) is 4.62. The Balaban J connectivity index is 1.75. The van der Waals surface area contributed by atoms with E-state index in [2.05, 4.69) is 5.32 Å². The summed E-state index contributed by atoms with van der Waals surface area (Å²) in [7, 11) is 0. The number of benzene rings is 1. The summed E-state index contributed by atoms with van der Waals surface area (Å²) in [5, 5.41) is 13.9. The lowest BCUT2D eigenvalue weighted by Gasteiger charge is -2.08. The molecule has 0 radical (unpaired) electrons. The summed E-state index contributed by atoms with van der Waals surface area (Å²) in [6.45, 7) is 0. The third kappa shape index (κ3) is 2.94. The van der Waals surface area contributed by atoms with Gasteiger partial charge >= 0.3 is 5.97 Å². The molecule has 0 aliphatic heterocycles. The molecule has 22 heavy (non-hydrogen) atoms. The monoisotopic (exact) mass is 313 g/mol. The predicted octanol–water partition coefficient (Wildman–Crippen LogP) is 3.92. The molecule has 0 fully saturated rings. The first-order valence-electron chi connectivity index (χ1n) is 7.06. The summed E-state index contributed by atoms with van der Waals surface area (Å²) in [6.07, 6.45) is 1.72. The first-order chi connectivity index (χ1) is 10.6. The molecular weight excluding hydrogens is 298 g/mol. The predicted molar refractivity (Wildman–Crippen MR) is 86.9 cm³/mol. The molecule has 0 unspecified atom stereocenters. The Hall–Kier alpha value is -2.40. The molecule has 0 spiro atoms. The second-order valence-electron chi connectivity index (χ2n) is 5.12. The maximum Gasteiger partial charge on any atom is 0.332 e. The van der Waals surface area contributed by atoms with Crippen LogP contribution in [0.1, 0.15) is 19.3 Å². The van der Waals surface area contributed by atoms with Crippen LogP contribution in [0.5, 0.6) is 0 Å². The van der Waals surface area contributed by atoms with Crippen molar-refractivity contribution in [3.8, 4) is 10.4 Å². The summed E-state index contributed by atoms with van der Waals surface area (Å²) in [5.74, 6) is -1.30. The minimum Gasteiger partial charge on any atom is -0.478 e. The van der Waals surface area contributed by atoms with E-state index in [1.54, 1.807) is 11.3 Å². The van der Waals surface area contributed by atoms with Crippen LogP contribution in [0.3, 0.4) is 0 Å². The molecule has 0 saturated carbocycles. The number of carbonyl (C=O) groups is 2. The van der Waals surface area contributed by atoms with E-state index in [1.807, 2.05) is 41.8 Å². The van der Waals surface area contributed by atoms with E-state index in [1.165, 1.54) is 4.88 Å². The first kappa shape index (κ1) is 14.5. The van der Waals surface area contributed by atoms with E-state index in [9.17, 15) is 9.59 Å². The molecule has 5 heteroatoms. The largest absolute Gasteiger partial charge is 0.478 e. The summed E-state index contributed by atoms with van der Waals surface area (Å²) >= 11 is 1.66. The molecule has 112 valence electrons. The molecule has 4 nitrogen and oxygen atoms in total. The molecule has 1 heterocycles. The van der Waals surface area contributed by atoms with Crippen LogP contribution in [0, 0.1) is 0 Å². The van der Waals surface area contributed by atoms with Crippen molar-refractivity contribution in [2.24, 2.45) is 0 Å². The first-order valence-corrected chi connectivity index (χ1v) is 7.94. The van der Waals surface area contributed by atoms with Crippen LogP contribution in [0.2, 0.25) is 0 Å². The molecule has 0 atom stereocenters. The van der Waals surface area contributed by atoms with Crippen molar-refractivity contribution < 1.29 is 14.7 Å². The lowest BCUT2D eigenvalue weighted by molar-refractivity contribution is -0.133. The number of carboxylic acids is 1. The van der Waals surface area contributed by atoms with Crippen LogP contribution >= 0.6 is 11.3 Å². The molecule has 1 aromatic carbocycles. The summed E-state index contributed by atoms with van der Waals surface area (Å²) in [5.41, 5.74) is 2.41. The molecule has 1 amide bonds. The lowest BCUT2D eigenvalue weighted by Crippen LogP contribution is -2.16. The fourth-order valence-corrected chi connectivity index (χ4v) is 3.33. The molecular formula is C17H15NO3S. The number of anilines is 1. The highest BCUT2D eigenvalue weighted by Crippen LogP contribution is 2.28. The van der Waals surface area contributed by atoms with E-state index in [-0.39, 0.29) is 11.5 Å². The van der Waals surface area contributed by atoms with E-state index in [4.69, 9.17) is 5.11 Å². The van der Waals surface area contributed by atoms with Gasteiger partial charge in [-0.15, -0.1) is 11.3 Å². The van der Waals surface area contributed by atoms with Crippen molar-refractivity contribution in [1.82, 2.24) is 0 Å². The molecule has 3 rings (SSSR count). The maximum atomic E-state index is 12.2. The van der Waals surface area contributed by atoms with Crippen LogP contribution in [0.4, 0.5) is 5.69 Å². The number of hydrogen-bond donors (Lipinski definition) is 2. The van der Waals surface area contributed by atoms with Crippen LogP contribution in [0.25, 0.3) is 10.4 Å². The van der Waals surface area contributed by atoms with Gasteiger partial charge in [-0.2, -0.15) is 0 Å². The average molecular weight is 313 g/mol. The SMILES string of the molecule is O=C(O)C1=C(C(=O)Nc2ccc(-c3cccs3)cc2)CCC1. The van der Waals surface area contributed by atoms with Gasteiger partial charge < -0.3 is 10.4 Å². The number of aliphatic carboxylic acids is 1. The molecule has 2 aromatic rings. The standard InChI is InChI=1S/C17H15NO3S/c19-16(13-3-1-4-14(13)17(20)21)18-12-8-6-11(7-9-12)15-5-2-10-22-15/h2,5-10H,1,3-4H2,(H,18,19)(H,20,21). The van der Waals surface area contributed by atoms with Gasteiger partial charge in [0.2, 0.25) is 0 Å². The fraction of sp³-hybridized carbons (Fsp3) is 0.176. The Labute approximate surface area is 132 Å². The van der Waals surface area contributed by atoms with Gasteiger partial charge in [-0.1, -0.05) is 18.2 Å². The minimum atomic E-state index is -0.990. The molecule has 2 N–H and O–H groups in total. The molecule has 1 aliphatic carbocycles. The van der Waals surface area contributed by atoms with Crippen LogP contribution in [-0.4, -0.2) is 17.0 Å². The van der Waals surface area contributed by atoms with E-state index < -0.39 is 5.97 Å². The third-order valence-electron chi connectivity index (χ3n) is 3.70. The summed E-state index contributed by atoms with van der Waals surface area (Å²) < 4.78 is 0. The summed E-state index contributed by atoms with van der Waals surface area (Å²) in [4.78, 5) is 24.5. The minimum absolute atomic E-state index is 0.243. The van der Waals surface area contributed by atoms with Gasteiger partial charge in [0.25, 0.3) is 5.91 Å². The van der Waals surface area contributed by atoms with Crippen molar-refractivity contribution in [3.63, 3.8) is 0 Å². The Morgan fingerprint density at radius 3 is 2.41 bits per heavy atom. The second-order valence-corrected chi connectivity index (χ2v) is 6.07. The Kier molecular flexibility index (Phi) is 4.06. The van der Waals surface area contributed by atoms with Crippen molar-refractivity contribution in [2.75, 3.05) is 5.32 Å². The quantitative estimate of drug-likeness (QED) is 0.899. The summed E-state index contributed by atoms with van der Waals surface area (Å²) in [6, 6.07) is 11.6. The maximum absolute atomic E-state index is 12.2. The van der Waals surface area contributed by atoms with Crippen molar-refractivity contribution in [2.45, 2.75) is 19.3 Å². The highest BCUT2D eigenvalue weighted by atomic mass is 32.1. The van der Waals surface area contributed by atoms with Gasteiger partial charge in [-0.05, 0) is 48.4 Å². The van der Waals surface area contributed by atoms with Gasteiger partial charge in [0.1, 0.15) is 0 Å². The zero-order chi connectivity index (χ0) is 15.5. The smallest absolute Gasteiger partial charge is 0.332 e. The van der Waals surface area contributed by atoms with Crippen LogP contribution in [-0.2, 0) is 9.59 Å². The van der Waals surface area contributed by atoms with Gasteiger partial charge in [0.15, 0.2) is 0 Å². The van der Waals surface area contributed by atoms with E-state index in [0.29, 0.717) is 24.1 Å². The van der Waals surface area contributed by atoms with E-state index in [0.717, 1.165) is 12.0 Å². The zero-order valence-electron chi connectivity index (χ0n) is 11.8. The zero-order valence-corrected chi connectivity index (χ0v) is 12.7. The highest BCUT2D eigenvalue weighted by molar-refractivity contribution is 7.13. The van der Waals surface area contributed by atoms with Crippen molar-refractivity contribution >= 4 is 28.9 Å². The Morgan fingerprint density at radius 1 is 1.05 bits per heavy atom. The Bertz CT molecular complexity index is 730. The highest BCUT2D eigenvalue weighted by Gasteiger charge is 2.25. The number of hydrogen-bond acceptors (Lipinski definition) is 3. The van der Waals surface area contributed by atoms with E-state index >= 15 is 0 Å². The number of thiophene rings is 1. The second kappa shape index (κ2) is 6.15. The fourth-order valence-electron chi connectivity index (χ4n) is 2.60. The normalized spacial score (nSPS) is 14.2. The van der Waals surface area contributed by atoms with Gasteiger partial charge in [-0.3, -0.25) is 4.79 Å².